The highest BCUT2D eigenvalue weighted by molar-refractivity contribution is 5.87. The van der Waals surface area contributed by atoms with Crippen LogP contribution in [0.25, 0.3) is 44.8 Å². The number of methoxy groups -OCH3 is 1. The molecule has 0 unspecified atom stereocenters. The van der Waals surface area contributed by atoms with Gasteiger partial charge in [0.2, 0.25) is 5.91 Å². The fourth-order valence-electron chi connectivity index (χ4n) is 11.3. The third kappa shape index (κ3) is 7.60. The highest BCUT2D eigenvalue weighted by Gasteiger charge is 2.63. The maximum Gasteiger partial charge on any atom is 0.407 e. The number of carbonyl (C=O) groups excluding carboxylic acids is 3. The summed E-state index contributed by atoms with van der Waals surface area (Å²) >= 11 is 0. The Morgan fingerprint density at radius 3 is 2.18 bits per heavy atom. The van der Waals surface area contributed by atoms with Gasteiger partial charge in [0, 0.05) is 62.4 Å². The van der Waals surface area contributed by atoms with Crippen LogP contribution in [-0.2, 0) is 23.8 Å². The summed E-state index contributed by atoms with van der Waals surface area (Å²) in [5.41, 5.74) is 4.97. The van der Waals surface area contributed by atoms with E-state index in [-0.39, 0.29) is 41.9 Å². The SMILES string of the molecule is COC(=O)N[C@H](C(=O)N1[C@@H]2C[C@@H]2C[C@H]1c1nc(-c2ccc(-c3ccc4nc(-c5c[nH]c([C@@H]6C[C@H]7C[C@H]7N6[C@@](C=O)(NC(=O)O)C6CCOCC6)n5)cnc4c3)cc2)c[nH]1)C1CCOCC1. The fraction of sp³-hybridized carbons (Fsp3) is 0.489. The summed E-state index contributed by atoms with van der Waals surface area (Å²) in [5.74, 6) is 1.85. The molecule has 3 aromatic heterocycles. The van der Waals surface area contributed by atoms with Gasteiger partial charge in [0.1, 0.15) is 29.1 Å². The molecule has 65 heavy (non-hydrogen) atoms. The van der Waals surface area contributed by atoms with Crippen molar-refractivity contribution in [2.24, 2.45) is 23.7 Å². The summed E-state index contributed by atoms with van der Waals surface area (Å²) in [6.07, 6.45) is 10.4. The number of aromatic amines is 2. The van der Waals surface area contributed by atoms with Gasteiger partial charge in [-0.05, 0) is 92.4 Å². The molecule has 0 bridgehead atoms. The van der Waals surface area contributed by atoms with Crippen LogP contribution < -0.4 is 10.6 Å². The zero-order chi connectivity index (χ0) is 44.4. The Morgan fingerprint density at radius 1 is 0.800 bits per heavy atom. The lowest BCUT2D eigenvalue weighted by Gasteiger charge is -2.47. The molecule has 4 aliphatic heterocycles. The molecule has 18 nitrogen and oxygen atoms in total. The summed E-state index contributed by atoms with van der Waals surface area (Å²) < 4.78 is 16.0. The number of likely N-dealkylation sites (tertiary alicyclic amines) is 2. The van der Waals surface area contributed by atoms with E-state index in [1.165, 1.54) is 7.11 Å². The average molecular weight is 885 g/mol. The molecule has 3 amide bonds. The van der Waals surface area contributed by atoms with Gasteiger partial charge >= 0.3 is 12.2 Å². The van der Waals surface area contributed by atoms with Crippen molar-refractivity contribution in [1.82, 2.24) is 50.3 Å². The van der Waals surface area contributed by atoms with Gasteiger partial charge in [0.15, 0.2) is 11.9 Å². The molecule has 6 fully saturated rings. The number of carboxylic acid groups (broad SMARTS) is 1. The Morgan fingerprint density at radius 2 is 1.45 bits per heavy atom. The summed E-state index contributed by atoms with van der Waals surface area (Å²) in [6.45, 7) is 2.07. The van der Waals surface area contributed by atoms with E-state index in [9.17, 15) is 24.3 Å². The Balaban J connectivity index is 0.784. The molecule has 2 saturated carbocycles. The minimum Gasteiger partial charge on any atom is -0.465 e. The third-order valence-corrected chi connectivity index (χ3v) is 14.8. The molecule has 18 heteroatoms. The Labute approximate surface area is 374 Å². The smallest absolute Gasteiger partial charge is 0.407 e. The van der Waals surface area contributed by atoms with E-state index in [4.69, 9.17) is 34.1 Å². The van der Waals surface area contributed by atoms with Gasteiger partial charge in [0.05, 0.1) is 42.1 Å². The molecule has 2 aliphatic carbocycles. The molecule has 8 atom stereocenters. The molecule has 338 valence electrons. The van der Waals surface area contributed by atoms with Gasteiger partial charge in [-0.1, -0.05) is 30.3 Å². The van der Waals surface area contributed by atoms with Crippen molar-refractivity contribution in [1.29, 1.82) is 0 Å². The highest BCUT2D eigenvalue weighted by Crippen LogP contribution is 2.57. The summed E-state index contributed by atoms with van der Waals surface area (Å²) in [4.78, 5) is 82.2. The number of nitrogens with zero attached hydrogens (tertiary/aromatic N) is 6. The number of piperidine rings is 2. The minimum atomic E-state index is -1.38. The van der Waals surface area contributed by atoms with Gasteiger partial charge in [-0.2, -0.15) is 0 Å². The molecule has 5 N–H and O–H groups in total. The number of rotatable bonds is 12. The van der Waals surface area contributed by atoms with E-state index in [1.807, 2.05) is 41.4 Å². The van der Waals surface area contributed by atoms with Crippen LogP contribution in [0.2, 0.25) is 0 Å². The molecular weight excluding hydrogens is 833 g/mol. The summed E-state index contributed by atoms with van der Waals surface area (Å²) in [7, 11) is 1.31. The first-order valence-electron chi connectivity index (χ1n) is 22.8. The Bertz CT molecular complexity index is 2620. The lowest BCUT2D eigenvalue weighted by molar-refractivity contribution is -0.138. The first-order valence-corrected chi connectivity index (χ1v) is 22.8. The number of imidazole rings is 2. The van der Waals surface area contributed by atoms with Gasteiger partial charge < -0.3 is 39.5 Å². The number of aldehydes is 1. The second kappa shape index (κ2) is 16.6. The quantitative estimate of drug-likeness (QED) is 0.0961. The Kier molecular flexibility index (Phi) is 10.6. The van der Waals surface area contributed by atoms with Crippen LogP contribution in [0.1, 0.15) is 75.1 Å². The van der Waals surface area contributed by atoms with E-state index >= 15 is 0 Å². The van der Waals surface area contributed by atoms with Gasteiger partial charge in [-0.25, -0.2) is 24.5 Å². The van der Waals surface area contributed by atoms with E-state index in [1.54, 1.807) is 12.4 Å². The minimum absolute atomic E-state index is 0.0321. The van der Waals surface area contributed by atoms with E-state index in [2.05, 4.69) is 37.6 Å². The normalized spacial score (nSPS) is 26.8. The molecule has 6 aliphatic rings. The standard InChI is InChI=1S/C47H52N10O8/c1-63-46(62)54-41(27-8-12-64-13-9-27)44(59)56-37-17-29(37)19-39(56)42-49-21-34(52-42)26-4-2-25(3-5-26)28-6-7-32-33(16-28)48-22-35(51-32)36-23-50-43(53-36)40-20-30-18-38(30)57(40)47(24-58,55-45(60)61)31-10-14-65-15-11-31/h2-7,16,21-24,27,29-31,37-41,55H,8-15,17-20H2,1H3,(H,49,52)(H,50,53)(H,54,62)(H,60,61)/t29-,30-,37-,38-,39+,40+,41+,47-/m1/s1. The molecule has 5 aromatic rings. The number of ether oxygens (including phenoxy) is 3. The van der Waals surface area contributed by atoms with E-state index < -0.39 is 23.9 Å². The number of hydrogen-bond acceptors (Lipinski definition) is 12. The van der Waals surface area contributed by atoms with Crippen molar-refractivity contribution < 1.29 is 38.5 Å². The number of alkyl carbamates (subject to hydrolysis) is 1. The molecule has 2 aromatic carbocycles. The molecular formula is C47H52N10O8. The second-order valence-corrected chi connectivity index (χ2v) is 18.5. The first kappa shape index (κ1) is 41.5. The topological polar surface area (TPSA) is 230 Å². The number of nitrogens with one attached hydrogen (secondary N) is 4. The van der Waals surface area contributed by atoms with Crippen LogP contribution in [0, 0.1) is 23.7 Å². The number of carbonyl (C=O) groups is 4. The lowest BCUT2D eigenvalue weighted by Crippen LogP contribution is -2.67. The maximum absolute atomic E-state index is 14.2. The largest absolute Gasteiger partial charge is 0.465 e. The molecule has 7 heterocycles. The number of fused-ring (bicyclic) bond motifs is 3. The van der Waals surface area contributed by atoms with Gasteiger partial charge in [-0.15, -0.1) is 0 Å². The summed E-state index contributed by atoms with van der Waals surface area (Å²) in [6, 6.07) is 13.2. The number of hydrogen-bond donors (Lipinski definition) is 5. The van der Waals surface area contributed by atoms with E-state index in [0.29, 0.717) is 86.7 Å². The fourth-order valence-corrected chi connectivity index (χ4v) is 11.3. The van der Waals surface area contributed by atoms with Crippen molar-refractivity contribution in [3.8, 4) is 33.8 Å². The Hall–Kier alpha value is -6.24. The zero-order valence-electron chi connectivity index (χ0n) is 36.0. The van der Waals surface area contributed by atoms with Crippen LogP contribution >= 0.6 is 0 Å². The van der Waals surface area contributed by atoms with Crippen molar-refractivity contribution in [3.05, 3.63) is 72.7 Å². The zero-order valence-corrected chi connectivity index (χ0v) is 36.0. The number of amides is 3. The van der Waals surface area contributed by atoms with Gasteiger partial charge in [0.25, 0.3) is 0 Å². The molecule has 0 radical (unpaired) electrons. The molecule has 4 saturated heterocycles. The van der Waals surface area contributed by atoms with Crippen molar-refractivity contribution >= 4 is 35.4 Å². The summed E-state index contributed by atoms with van der Waals surface area (Å²) in [5, 5.41) is 15.4. The number of H-pyrrole nitrogens is 2. The first-order chi connectivity index (χ1) is 31.7. The monoisotopic (exact) mass is 884 g/mol. The third-order valence-electron chi connectivity index (χ3n) is 14.8. The highest BCUT2D eigenvalue weighted by atomic mass is 16.5. The van der Waals surface area contributed by atoms with Crippen LogP contribution in [0.3, 0.4) is 0 Å². The van der Waals surface area contributed by atoms with Crippen molar-refractivity contribution in [2.45, 2.75) is 87.2 Å². The molecule has 0 spiro atoms. The number of benzene rings is 2. The second-order valence-electron chi connectivity index (χ2n) is 18.5. The lowest BCUT2D eigenvalue weighted by atomic mass is 9.84. The van der Waals surface area contributed by atoms with E-state index in [0.717, 1.165) is 65.7 Å². The predicted molar refractivity (Wildman–Crippen MR) is 234 cm³/mol. The van der Waals surface area contributed by atoms with Crippen molar-refractivity contribution in [2.75, 3.05) is 33.5 Å². The average Bonchev–Trinajstić information content (AvgIpc) is 3.92. The van der Waals surface area contributed by atoms with Crippen LogP contribution in [0.5, 0.6) is 0 Å². The van der Waals surface area contributed by atoms with Crippen molar-refractivity contribution in [3.63, 3.8) is 0 Å². The van der Waals surface area contributed by atoms with Crippen LogP contribution in [0.4, 0.5) is 9.59 Å². The van der Waals surface area contributed by atoms with Gasteiger partial charge in [-0.3, -0.25) is 24.8 Å². The molecule has 11 rings (SSSR count). The predicted octanol–water partition coefficient (Wildman–Crippen LogP) is 5.61. The van der Waals surface area contributed by atoms with Crippen LogP contribution in [-0.4, -0.2) is 127 Å². The maximum atomic E-state index is 14.2. The number of aromatic nitrogens is 6. The van der Waals surface area contributed by atoms with Crippen LogP contribution in [0.15, 0.2) is 61.1 Å².